The van der Waals surface area contributed by atoms with Crippen LogP contribution in [0.4, 0.5) is 10.1 Å². The van der Waals surface area contributed by atoms with Gasteiger partial charge in [-0.15, -0.1) is 11.8 Å². The van der Waals surface area contributed by atoms with Crippen molar-refractivity contribution in [1.82, 2.24) is 0 Å². The van der Waals surface area contributed by atoms with Gasteiger partial charge < -0.3 is 14.8 Å². The second kappa shape index (κ2) is 9.29. The predicted molar refractivity (Wildman–Crippen MR) is 94.7 cm³/mol. The number of anilines is 1. The van der Waals surface area contributed by atoms with Crippen molar-refractivity contribution in [3.05, 3.63) is 53.3 Å². The van der Waals surface area contributed by atoms with E-state index < -0.39 is 24.3 Å². The van der Waals surface area contributed by atoms with E-state index in [0.29, 0.717) is 5.69 Å². The van der Waals surface area contributed by atoms with E-state index in [0.717, 1.165) is 16.7 Å². The molecule has 0 aliphatic heterocycles. The molecule has 0 heterocycles. The maximum atomic E-state index is 13.0. The quantitative estimate of drug-likeness (QED) is 0.582. The smallest absolute Gasteiger partial charge is 0.316 e. The number of benzene rings is 2. The van der Waals surface area contributed by atoms with E-state index in [1.54, 1.807) is 19.2 Å². The van der Waals surface area contributed by atoms with Crippen molar-refractivity contribution in [2.45, 2.75) is 4.90 Å². The highest BCUT2D eigenvalue weighted by Gasteiger charge is 2.10. The van der Waals surface area contributed by atoms with Crippen LogP contribution < -0.4 is 10.1 Å². The summed E-state index contributed by atoms with van der Waals surface area (Å²) >= 11 is 6.91. The molecule has 0 atom stereocenters. The zero-order valence-electron chi connectivity index (χ0n) is 13.3. The summed E-state index contributed by atoms with van der Waals surface area (Å²) < 4.78 is 23.0. The zero-order chi connectivity index (χ0) is 18.2. The van der Waals surface area contributed by atoms with Gasteiger partial charge in [-0.2, -0.15) is 0 Å². The Morgan fingerprint density at radius 1 is 1.20 bits per heavy atom. The van der Waals surface area contributed by atoms with E-state index in [1.807, 2.05) is 12.1 Å². The van der Waals surface area contributed by atoms with E-state index in [9.17, 15) is 14.0 Å². The monoisotopic (exact) mass is 383 g/mol. The second-order valence-corrected chi connectivity index (χ2v) is 6.26. The van der Waals surface area contributed by atoms with Crippen LogP contribution in [0.3, 0.4) is 0 Å². The highest BCUT2D eigenvalue weighted by atomic mass is 35.5. The van der Waals surface area contributed by atoms with Crippen molar-refractivity contribution in [2.75, 3.05) is 24.8 Å². The Morgan fingerprint density at radius 2 is 1.92 bits per heavy atom. The van der Waals surface area contributed by atoms with Crippen LogP contribution in [0.1, 0.15) is 0 Å². The van der Waals surface area contributed by atoms with Crippen molar-refractivity contribution < 1.29 is 23.5 Å². The SMILES string of the molecule is COc1ccc(SCC(=O)OCC(=O)Nc2ccc(F)c(Cl)c2)cc1. The number of methoxy groups -OCH3 is 1. The third-order valence-corrected chi connectivity index (χ3v) is 4.26. The Hall–Kier alpha value is -2.25. The summed E-state index contributed by atoms with van der Waals surface area (Å²) in [5.74, 6) is -0.841. The predicted octanol–water partition coefficient (Wildman–Crippen LogP) is 3.76. The fourth-order valence-corrected chi connectivity index (χ4v) is 2.65. The molecule has 0 unspecified atom stereocenters. The van der Waals surface area contributed by atoms with Gasteiger partial charge in [0.25, 0.3) is 5.91 Å². The lowest BCUT2D eigenvalue weighted by Crippen LogP contribution is -2.21. The van der Waals surface area contributed by atoms with Crippen molar-refractivity contribution in [2.24, 2.45) is 0 Å². The van der Waals surface area contributed by atoms with Gasteiger partial charge in [0.1, 0.15) is 11.6 Å². The molecule has 132 valence electrons. The van der Waals surface area contributed by atoms with E-state index in [4.69, 9.17) is 21.1 Å². The van der Waals surface area contributed by atoms with Crippen LogP contribution in [0, 0.1) is 5.82 Å². The van der Waals surface area contributed by atoms with Gasteiger partial charge in [-0.25, -0.2) is 4.39 Å². The summed E-state index contributed by atoms with van der Waals surface area (Å²) in [5.41, 5.74) is 0.319. The molecule has 25 heavy (non-hydrogen) atoms. The van der Waals surface area contributed by atoms with E-state index >= 15 is 0 Å². The number of hydrogen-bond donors (Lipinski definition) is 1. The maximum absolute atomic E-state index is 13.0. The Labute approximate surface area is 153 Å². The standard InChI is InChI=1S/C17H15ClFNO4S/c1-23-12-3-5-13(6-4-12)25-10-17(22)24-9-16(21)20-11-2-7-15(19)14(18)8-11/h2-8H,9-10H2,1H3,(H,20,21). The fraction of sp³-hybridized carbons (Fsp3) is 0.176. The molecule has 0 fully saturated rings. The average Bonchev–Trinajstić information content (AvgIpc) is 2.61. The van der Waals surface area contributed by atoms with Gasteiger partial charge in [0.2, 0.25) is 0 Å². The number of rotatable bonds is 7. The number of halogens is 2. The lowest BCUT2D eigenvalue weighted by Gasteiger charge is -2.07. The fourth-order valence-electron chi connectivity index (χ4n) is 1.77. The maximum Gasteiger partial charge on any atom is 0.316 e. The van der Waals surface area contributed by atoms with Crippen molar-refractivity contribution in [3.8, 4) is 5.75 Å². The molecule has 0 bridgehead atoms. The summed E-state index contributed by atoms with van der Waals surface area (Å²) in [7, 11) is 1.57. The first kappa shape index (κ1) is 19.1. The van der Waals surface area contributed by atoms with Crippen LogP contribution in [0.5, 0.6) is 5.75 Å². The molecular weight excluding hydrogens is 369 g/mol. The van der Waals surface area contributed by atoms with Crippen molar-refractivity contribution in [1.29, 1.82) is 0 Å². The van der Waals surface area contributed by atoms with Crippen LogP contribution >= 0.6 is 23.4 Å². The number of hydrogen-bond acceptors (Lipinski definition) is 5. The molecule has 1 N–H and O–H groups in total. The topological polar surface area (TPSA) is 64.6 Å². The molecule has 2 aromatic rings. The van der Waals surface area contributed by atoms with Crippen LogP contribution in [-0.2, 0) is 14.3 Å². The Morgan fingerprint density at radius 3 is 2.56 bits per heavy atom. The molecule has 5 nitrogen and oxygen atoms in total. The Kier molecular flexibility index (Phi) is 7.09. The van der Waals surface area contributed by atoms with Gasteiger partial charge >= 0.3 is 5.97 Å². The molecule has 1 amide bonds. The lowest BCUT2D eigenvalue weighted by molar-refractivity contribution is -0.144. The number of thioether (sulfide) groups is 1. The zero-order valence-corrected chi connectivity index (χ0v) is 14.8. The summed E-state index contributed by atoms with van der Waals surface area (Å²) in [4.78, 5) is 24.3. The number of ether oxygens (including phenoxy) is 2. The molecule has 0 saturated carbocycles. The lowest BCUT2D eigenvalue weighted by atomic mass is 10.3. The van der Waals surface area contributed by atoms with Gasteiger partial charge in [-0.3, -0.25) is 9.59 Å². The molecule has 2 rings (SSSR count). The minimum Gasteiger partial charge on any atom is -0.497 e. The van der Waals surface area contributed by atoms with Crippen LogP contribution in [0.25, 0.3) is 0 Å². The van der Waals surface area contributed by atoms with Crippen LogP contribution in [-0.4, -0.2) is 31.3 Å². The van der Waals surface area contributed by atoms with Crippen molar-refractivity contribution in [3.63, 3.8) is 0 Å². The van der Waals surface area contributed by atoms with Crippen LogP contribution in [0.15, 0.2) is 47.4 Å². The van der Waals surface area contributed by atoms with E-state index in [2.05, 4.69) is 5.32 Å². The van der Waals surface area contributed by atoms with Crippen LogP contribution in [0.2, 0.25) is 5.02 Å². The molecule has 0 spiro atoms. The van der Waals surface area contributed by atoms with Gasteiger partial charge in [-0.1, -0.05) is 11.6 Å². The highest BCUT2D eigenvalue weighted by molar-refractivity contribution is 8.00. The van der Waals surface area contributed by atoms with E-state index in [-0.39, 0.29) is 10.8 Å². The first-order valence-electron chi connectivity index (χ1n) is 7.15. The Balaban J connectivity index is 1.73. The summed E-state index contributed by atoms with van der Waals surface area (Å²) in [5, 5.41) is 2.36. The normalized spacial score (nSPS) is 10.2. The molecular formula is C17H15ClFNO4S. The van der Waals surface area contributed by atoms with Crippen molar-refractivity contribution >= 4 is 40.9 Å². The number of carbonyl (C=O) groups excluding carboxylic acids is 2. The Bertz CT molecular complexity index is 755. The average molecular weight is 384 g/mol. The molecule has 2 aromatic carbocycles. The van der Waals surface area contributed by atoms with Gasteiger partial charge in [0.15, 0.2) is 6.61 Å². The minimum atomic E-state index is -0.582. The number of carbonyl (C=O) groups is 2. The molecule has 8 heteroatoms. The number of amides is 1. The highest BCUT2D eigenvalue weighted by Crippen LogP contribution is 2.21. The first-order valence-corrected chi connectivity index (χ1v) is 8.51. The van der Waals surface area contributed by atoms with Gasteiger partial charge in [0, 0.05) is 10.6 Å². The minimum absolute atomic E-state index is 0.0714. The summed E-state index contributed by atoms with van der Waals surface area (Å²) in [6, 6.07) is 11.0. The van der Waals surface area contributed by atoms with Gasteiger partial charge in [-0.05, 0) is 42.5 Å². The van der Waals surface area contributed by atoms with E-state index in [1.165, 1.54) is 23.9 Å². The first-order chi connectivity index (χ1) is 12.0. The summed E-state index contributed by atoms with van der Waals surface area (Å²) in [6.07, 6.45) is 0. The second-order valence-electron chi connectivity index (χ2n) is 4.80. The molecule has 0 aliphatic carbocycles. The largest absolute Gasteiger partial charge is 0.497 e. The summed E-state index contributed by atoms with van der Waals surface area (Å²) in [6.45, 7) is -0.434. The molecule has 0 aliphatic rings. The van der Waals surface area contributed by atoms with Gasteiger partial charge in [0.05, 0.1) is 17.9 Å². The molecule has 0 aromatic heterocycles. The third-order valence-electron chi connectivity index (χ3n) is 2.98. The number of nitrogens with one attached hydrogen (secondary N) is 1. The molecule has 0 radical (unpaired) electrons. The third kappa shape index (κ3) is 6.28. The molecule has 0 saturated heterocycles. The number of esters is 1.